The smallest absolute Gasteiger partial charge is 0.142 e. The highest BCUT2D eigenvalue weighted by Gasteiger charge is 2.34. The maximum Gasteiger partial charge on any atom is 0.142 e. The van der Waals surface area contributed by atoms with E-state index in [9.17, 15) is 0 Å². The average molecular weight is 366 g/mol. The lowest BCUT2D eigenvalue weighted by atomic mass is 10.7. The van der Waals surface area contributed by atoms with E-state index in [1.807, 2.05) is 13.8 Å². The summed E-state index contributed by atoms with van der Waals surface area (Å²) < 4.78 is 20.3. The second-order valence-corrected chi connectivity index (χ2v) is 20.6. The Hall–Kier alpha value is 0.491. The molecule has 7 heteroatoms. The Labute approximate surface area is 142 Å². The van der Waals surface area contributed by atoms with Crippen LogP contribution in [0.1, 0.15) is 20.8 Å². The van der Waals surface area contributed by atoms with Crippen LogP contribution in [0.15, 0.2) is 0 Å². The SMILES string of the molecule is CCOC(C)(OCC)[SiH2]CCOCN([Si](C)(C)C)[Si](C)(C)C. The summed E-state index contributed by atoms with van der Waals surface area (Å²) in [4.78, 5) is 0. The van der Waals surface area contributed by atoms with Crippen molar-refractivity contribution in [3.05, 3.63) is 0 Å². The topological polar surface area (TPSA) is 30.9 Å². The number of hydrogen-bond donors (Lipinski definition) is 0. The molecule has 0 N–H and O–H groups in total. The fourth-order valence-electron chi connectivity index (χ4n) is 2.84. The first kappa shape index (κ1) is 22.5. The standard InChI is InChI=1S/C15H39NO3Si3/c1-10-18-15(3,19-11-2)20-13-12-17-14-16(21(4,5)6)22(7,8)9/h10-14,20H2,1-9H3. The second-order valence-electron chi connectivity index (χ2n) is 7.91. The molecule has 0 aromatic heterocycles. The first-order valence-corrected chi connectivity index (χ1v) is 17.2. The summed E-state index contributed by atoms with van der Waals surface area (Å²) >= 11 is 0. The molecule has 134 valence electrons. The van der Waals surface area contributed by atoms with Gasteiger partial charge < -0.3 is 18.4 Å². The summed E-state index contributed by atoms with van der Waals surface area (Å²) in [6, 6.07) is 1.10. The van der Waals surface area contributed by atoms with E-state index in [1.54, 1.807) is 0 Å². The molecule has 0 spiro atoms. The van der Waals surface area contributed by atoms with Crippen molar-refractivity contribution in [2.45, 2.75) is 71.5 Å². The fourth-order valence-corrected chi connectivity index (χ4v) is 13.5. The third-order valence-electron chi connectivity index (χ3n) is 3.66. The van der Waals surface area contributed by atoms with Crippen molar-refractivity contribution in [2.75, 3.05) is 26.6 Å². The van der Waals surface area contributed by atoms with Crippen molar-refractivity contribution in [1.29, 1.82) is 0 Å². The van der Waals surface area contributed by atoms with Crippen molar-refractivity contribution in [3.8, 4) is 0 Å². The average Bonchev–Trinajstić information content (AvgIpc) is 2.30. The van der Waals surface area contributed by atoms with Gasteiger partial charge in [0.15, 0.2) is 0 Å². The summed E-state index contributed by atoms with van der Waals surface area (Å²) in [6.07, 6.45) is 0. The molecule has 0 fully saturated rings. The highest BCUT2D eigenvalue weighted by atomic mass is 28.4. The lowest BCUT2D eigenvalue weighted by Crippen LogP contribution is -2.59. The Balaban J connectivity index is 4.24. The van der Waals surface area contributed by atoms with Gasteiger partial charge in [-0.3, -0.25) is 0 Å². The summed E-state index contributed by atoms with van der Waals surface area (Å²) in [6.45, 7) is 23.6. The zero-order chi connectivity index (χ0) is 17.4. The van der Waals surface area contributed by atoms with E-state index < -0.39 is 26.0 Å². The summed E-state index contributed by atoms with van der Waals surface area (Å²) in [5.41, 5.74) is -0.329. The van der Waals surface area contributed by atoms with E-state index in [0.29, 0.717) is 13.2 Å². The lowest BCUT2D eigenvalue weighted by Gasteiger charge is -2.43. The number of hydrogen-bond acceptors (Lipinski definition) is 4. The van der Waals surface area contributed by atoms with Gasteiger partial charge in [0.1, 0.15) is 21.9 Å². The van der Waals surface area contributed by atoms with Crippen LogP contribution in [-0.4, -0.2) is 62.2 Å². The maximum atomic E-state index is 6.02. The third kappa shape index (κ3) is 8.95. The quantitative estimate of drug-likeness (QED) is 0.302. The molecule has 0 radical (unpaired) electrons. The zero-order valence-corrected chi connectivity index (χ0v) is 19.8. The molecule has 0 atom stereocenters. The van der Waals surface area contributed by atoms with Crippen LogP contribution < -0.4 is 0 Å². The van der Waals surface area contributed by atoms with Crippen LogP contribution in [0.3, 0.4) is 0 Å². The number of ether oxygens (including phenoxy) is 3. The van der Waals surface area contributed by atoms with Crippen LogP contribution in [0.25, 0.3) is 0 Å². The third-order valence-corrected chi connectivity index (χ3v) is 13.1. The van der Waals surface area contributed by atoms with Crippen molar-refractivity contribution in [3.63, 3.8) is 0 Å². The van der Waals surface area contributed by atoms with Crippen molar-refractivity contribution < 1.29 is 14.2 Å². The van der Waals surface area contributed by atoms with Crippen LogP contribution in [0.5, 0.6) is 0 Å². The highest BCUT2D eigenvalue weighted by molar-refractivity contribution is 6.89. The molecule has 22 heavy (non-hydrogen) atoms. The van der Waals surface area contributed by atoms with E-state index >= 15 is 0 Å². The van der Waals surface area contributed by atoms with Gasteiger partial charge in [0, 0.05) is 19.8 Å². The molecule has 0 rings (SSSR count). The van der Waals surface area contributed by atoms with Gasteiger partial charge in [-0.2, -0.15) is 0 Å². The monoisotopic (exact) mass is 365 g/mol. The molecular formula is C15H39NO3Si3. The van der Waals surface area contributed by atoms with Gasteiger partial charge in [-0.1, -0.05) is 39.3 Å². The van der Waals surface area contributed by atoms with Crippen LogP contribution in [-0.2, 0) is 14.2 Å². The predicted molar refractivity (Wildman–Crippen MR) is 104 cm³/mol. The molecule has 0 aliphatic carbocycles. The van der Waals surface area contributed by atoms with E-state index in [0.717, 1.165) is 19.4 Å². The molecular weight excluding hydrogens is 326 g/mol. The largest absolute Gasteiger partial charge is 0.368 e. The van der Waals surface area contributed by atoms with Gasteiger partial charge in [0.25, 0.3) is 0 Å². The normalized spacial score (nSPS) is 14.5. The van der Waals surface area contributed by atoms with Crippen LogP contribution in [0, 0.1) is 0 Å². The van der Waals surface area contributed by atoms with Gasteiger partial charge in [0.2, 0.25) is 0 Å². The molecule has 0 amide bonds. The van der Waals surface area contributed by atoms with Crippen molar-refractivity contribution in [1.82, 2.24) is 4.23 Å². The molecule has 0 aliphatic rings. The van der Waals surface area contributed by atoms with E-state index in [2.05, 4.69) is 50.4 Å². The molecule has 0 saturated heterocycles. The molecule has 4 nitrogen and oxygen atoms in total. The molecule has 0 saturated carbocycles. The number of nitrogens with zero attached hydrogens (tertiary/aromatic N) is 1. The Bertz CT molecular complexity index is 283. The minimum atomic E-state index is -1.31. The number of rotatable bonds is 12. The van der Waals surface area contributed by atoms with Gasteiger partial charge in [-0.15, -0.1) is 0 Å². The zero-order valence-electron chi connectivity index (χ0n) is 16.4. The van der Waals surface area contributed by atoms with E-state index in [4.69, 9.17) is 14.2 Å². The van der Waals surface area contributed by atoms with Crippen LogP contribution in [0.2, 0.25) is 45.3 Å². The molecule has 0 aliphatic heterocycles. The van der Waals surface area contributed by atoms with E-state index in [1.165, 1.54) is 0 Å². The van der Waals surface area contributed by atoms with Crippen molar-refractivity contribution in [2.24, 2.45) is 0 Å². The Morgan fingerprint density at radius 3 is 1.73 bits per heavy atom. The molecule has 0 aromatic carbocycles. The van der Waals surface area contributed by atoms with Crippen molar-refractivity contribution >= 4 is 26.0 Å². The van der Waals surface area contributed by atoms with Gasteiger partial charge in [-0.05, 0) is 26.8 Å². The highest BCUT2D eigenvalue weighted by Crippen LogP contribution is 2.19. The Kier molecular flexibility index (Phi) is 9.92. The maximum absolute atomic E-state index is 6.02. The lowest BCUT2D eigenvalue weighted by molar-refractivity contribution is -0.163. The van der Waals surface area contributed by atoms with Crippen LogP contribution >= 0.6 is 0 Å². The molecule has 0 aromatic rings. The Morgan fingerprint density at radius 1 is 0.909 bits per heavy atom. The first-order valence-electron chi connectivity index (χ1n) is 8.59. The molecule has 0 bridgehead atoms. The van der Waals surface area contributed by atoms with Gasteiger partial charge in [0.05, 0.1) is 16.3 Å². The van der Waals surface area contributed by atoms with Gasteiger partial charge in [-0.25, -0.2) is 0 Å². The summed E-state index contributed by atoms with van der Waals surface area (Å²) in [7, 11) is -3.10. The summed E-state index contributed by atoms with van der Waals surface area (Å²) in [5.74, 6) is 0. The molecule has 0 unspecified atom stereocenters. The van der Waals surface area contributed by atoms with Gasteiger partial charge >= 0.3 is 0 Å². The predicted octanol–water partition coefficient (Wildman–Crippen LogP) is 3.27. The Morgan fingerprint density at radius 2 is 1.36 bits per heavy atom. The van der Waals surface area contributed by atoms with Crippen LogP contribution in [0.4, 0.5) is 0 Å². The first-order chi connectivity index (χ1) is 9.96. The van der Waals surface area contributed by atoms with E-state index in [-0.39, 0.29) is 5.41 Å². The second kappa shape index (κ2) is 9.71. The minimum absolute atomic E-state index is 0.329. The summed E-state index contributed by atoms with van der Waals surface area (Å²) in [5, 5.41) is 0. The fraction of sp³-hybridized carbons (Fsp3) is 1.00. The minimum Gasteiger partial charge on any atom is -0.368 e. The molecule has 0 heterocycles.